The molecule has 19 heavy (non-hydrogen) atoms. The minimum atomic E-state index is -0.0263. The van der Waals surface area contributed by atoms with Crippen molar-refractivity contribution in [1.29, 1.82) is 0 Å². The monoisotopic (exact) mass is 265 g/mol. The maximum atomic E-state index is 11.4. The van der Waals surface area contributed by atoms with Gasteiger partial charge in [0.2, 0.25) is 5.91 Å². The van der Waals surface area contributed by atoms with Crippen LogP contribution in [0.2, 0.25) is 0 Å². The summed E-state index contributed by atoms with van der Waals surface area (Å²) in [6.07, 6.45) is 0.970. The van der Waals surface area contributed by atoms with Crippen molar-refractivity contribution in [3.63, 3.8) is 0 Å². The Bertz CT molecular complexity index is 443. The van der Waals surface area contributed by atoms with Crippen LogP contribution in [0, 0.1) is 0 Å². The predicted molar refractivity (Wildman–Crippen MR) is 71.8 cm³/mol. The van der Waals surface area contributed by atoms with E-state index >= 15 is 0 Å². The maximum absolute atomic E-state index is 11.4. The van der Waals surface area contributed by atoms with Crippen LogP contribution in [0.25, 0.3) is 0 Å². The van der Waals surface area contributed by atoms with Crippen molar-refractivity contribution in [2.75, 3.05) is 27.3 Å². The van der Waals surface area contributed by atoms with Gasteiger partial charge in [-0.25, -0.2) is 0 Å². The number of benzene rings is 1. The molecule has 5 nitrogen and oxygen atoms in total. The number of rotatable bonds is 7. The lowest BCUT2D eigenvalue weighted by Gasteiger charge is -2.14. The van der Waals surface area contributed by atoms with Crippen LogP contribution in [0.15, 0.2) is 18.2 Å². The number of amides is 1. The van der Waals surface area contributed by atoms with Crippen molar-refractivity contribution in [2.24, 2.45) is 0 Å². The van der Waals surface area contributed by atoms with E-state index in [-0.39, 0.29) is 18.9 Å². The number of nitrogens with zero attached hydrogens (tertiary/aromatic N) is 1. The van der Waals surface area contributed by atoms with Crippen molar-refractivity contribution >= 4 is 12.2 Å². The van der Waals surface area contributed by atoms with E-state index in [4.69, 9.17) is 9.47 Å². The number of carbonyl (C=O) groups excluding carboxylic acids is 2. The minimum Gasteiger partial charge on any atom is -0.490 e. The van der Waals surface area contributed by atoms with Crippen LogP contribution in [0.4, 0.5) is 0 Å². The third kappa shape index (κ3) is 4.28. The molecule has 0 atom stereocenters. The molecule has 1 aromatic carbocycles. The van der Waals surface area contributed by atoms with Crippen LogP contribution in [-0.2, 0) is 4.79 Å². The van der Waals surface area contributed by atoms with Gasteiger partial charge in [0, 0.05) is 14.1 Å². The van der Waals surface area contributed by atoms with Gasteiger partial charge in [0.15, 0.2) is 17.8 Å². The lowest BCUT2D eigenvalue weighted by Crippen LogP contribution is -2.23. The van der Waals surface area contributed by atoms with E-state index in [9.17, 15) is 9.59 Å². The zero-order chi connectivity index (χ0) is 14.3. The number of hydrogen-bond donors (Lipinski definition) is 0. The highest BCUT2D eigenvalue weighted by molar-refractivity contribution is 5.81. The number of para-hydroxylation sites is 1. The summed E-state index contributed by atoms with van der Waals surface area (Å²) in [6.45, 7) is 2.55. The standard InChI is InChI=1S/C14H19NO4/c1-4-18-12-7-5-6-11(10-16)14(12)19-9-8-13(17)15(2)3/h5-7,10H,4,8-9H2,1-3H3. The molecule has 5 heteroatoms. The summed E-state index contributed by atoms with van der Waals surface area (Å²) < 4.78 is 10.9. The Hall–Kier alpha value is -2.04. The van der Waals surface area contributed by atoms with Gasteiger partial charge in [0.1, 0.15) is 0 Å². The van der Waals surface area contributed by atoms with Gasteiger partial charge in [0.05, 0.1) is 25.2 Å². The summed E-state index contributed by atoms with van der Waals surface area (Å²) in [4.78, 5) is 23.9. The number of hydrogen-bond acceptors (Lipinski definition) is 4. The highest BCUT2D eigenvalue weighted by Crippen LogP contribution is 2.30. The lowest BCUT2D eigenvalue weighted by molar-refractivity contribution is -0.129. The van der Waals surface area contributed by atoms with Crippen LogP contribution in [0.1, 0.15) is 23.7 Å². The molecule has 0 saturated carbocycles. The molecule has 104 valence electrons. The summed E-state index contributed by atoms with van der Waals surface area (Å²) in [5.41, 5.74) is 0.420. The fourth-order valence-corrected chi connectivity index (χ4v) is 1.51. The highest BCUT2D eigenvalue weighted by atomic mass is 16.5. The lowest BCUT2D eigenvalue weighted by atomic mass is 10.2. The van der Waals surface area contributed by atoms with Crippen molar-refractivity contribution < 1.29 is 19.1 Å². The molecular weight excluding hydrogens is 246 g/mol. The minimum absolute atomic E-state index is 0.0263. The van der Waals surface area contributed by atoms with E-state index < -0.39 is 0 Å². The molecule has 0 heterocycles. The number of ether oxygens (including phenoxy) is 2. The second-order valence-electron chi connectivity index (χ2n) is 4.11. The van der Waals surface area contributed by atoms with Gasteiger partial charge in [-0.2, -0.15) is 0 Å². The first-order chi connectivity index (χ1) is 9.10. The van der Waals surface area contributed by atoms with E-state index in [2.05, 4.69) is 0 Å². The fraction of sp³-hybridized carbons (Fsp3) is 0.429. The molecule has 0 spiro atoms. The summed E-state index contributed by atoms with van der Waals surface area (Å²) in [5, 5.41) is 0. The smallest absolute Gasteiger partial charge is 0.225 e. The molecule has 0 unspecified atom stereocenters. The molecule has 0 N–H and O–H groups in total. The molecule has 1 aromatic rings. The third-order valence-corrected chi connectivity index (χ3v) is 2.50. The molecule has 1 amide bonds. The van der Waals surface area contributed by atoms with Gasteiger partial charge >= 0.3 is 0 Å². The van der Waals surface area contributed by atoms with Crippen LogP contribution in [0.5, 0.6) is 11.5 Å². The Morgan fingerprint density at radius 3 is 2.63 bits per heavy atom. The quantitative estimate of drug-likeness (QED) is 0.705. The van der Waals surface area contributed by atoms with E-state index in [1.165, 1.54) is 4.90 Å². The number of aldehydes is 1. The van der Waals surface area contributed by atoms with E-state index in [1.807, 2.05) is 6.92 Å². The van der Waals surface area contributed by atoms with Crippen molar-refractivity contribution in [1.82, 2.24) is 4.90 Å². The van der Waals surface area contributed by atoms with Gasteiger partial charge in [-0.05, 0) is 19.1 Å². The van der Waals surface area contributed by atoms with Crippen LogP contribution >= 0.6 is 0 Å². The zero-order valence-electron chi connectivity index (χ0n) is 11.5. The van der Waals surface area contributed by atoms with Gasteiger partial charge < -0.3 is 14.4 Å². The first-order valence-corrected chi connectivity index (χ1v) is 6.14. The normalized spacial score (nSPS) is 9.84. The average Bonchev–Trinajstić information content (AvgIpc) is 2.40. The van der Waals surface area contributed by atoms with Crippen LogP contribution in [0.3, 0.4) is 0 Å². The molecule has 0 aromatic heterocycles. The molecule has 0 aliphatic heterocycles. The Labute approximate surface area is 113 Å². The number of carbonyl (C=O) groups is 2. The molecular formula is C14H19NO4. The first-order valence-electron chi connectivity index (χ1n) is 6.14. The Morgan fingerprint density at radius 2 is 2.05 bits per heavy atom. The molecule has 0 aliphatic carbocycles. The van der Waals surface area contributed by atoms with Crippen LogP contribution < -0.4 is 9.47 Å². The van der Waals surface area contributed by atoms with Crippen molar-refractivity contribution in [2.45, 2.75) is 13.3 Å². The third-order valence-electron chi connectivity index (χ3n) is 2.50. The van der Waals surface area contributed by atoms with Crippen molar-refractivity contribution in [3.05, 3.63) is 23.8 Å². The largest absolute Gasteiger partial charge is 0.490 e. The van der Waals surface area contributed by atoms with Crippen molar-refractivity contribution in [3.8, 4) is 11.5 Å². The summed E-state index contributed by atoms with van der Waals surface area (Å²) in [6, 6.07) is 5.12. The zero-order valence-corrected chi connectivity index (χ0v) is 11.5. The molecule has 1 rings (SSSR count). The van der Waals surface area contributed by atoms with Crippen LogP contribution in [-0.4, -0.2) is 44.4 Å². The Morgan fingerprint density at radius 1 is 1.32 bits per heavy atom. The van der Waals surface area contributed by atoms with Gasteiger partial charge in [0.25, 0.3) is 0 Å². The van der Waals surface area contributed by atoms with Gasteiger partial charge in [-0.1, -0.05) is 6.07 Å². The average molecular weight is 265 g/mol. The second kappa shape index (κ2) is 7.41. The van der Waals surface area contributed by atoms with E-state index in [1.54, 1.807) is 32.3 Å². The maximum Gasteiger partial charge on any atom is 0.225 e. The molecule has 0 fully saturated rings. The highest BCUT2D eigenvalue weighted by Gasteiger charge is 2.11. The molecule has 0 aliphatic rings. The van der Waals surface area contributed by atoms with E-state index in [0.29, 0.717) is 30.0 Å². The summed E-state index contributed by atoms with van der Waals surface area (Å²) in [7, 11) is 3.38. The molecule has 0 saturated heterocycles. The topological polar surface area (TPSA) is 55.8 Å². The first kappa shape index (κ1) is 15.0. The SMILES string of the molecule is CCOc1cccc(C=O)c1OCCC(=O)N(C)C. The Kier molecular flexibility index (Phi) is 5.85. The Balaban J connectivity index is 2.75. The van der Waals surface area contributed by atoms with Gasteiger partial charge in [-0.3, -0.25) is 9.59 Å². The van der Waals surface area contributed by atoms with Gasteiger partial charge in [-0.15, -0.1) is 0 Å². The summed E-state index contributed by atoms with van der Waals surface area (Å²) >= 11 is 0. The predicted octanol–water partition coefficient (Wildman–Crippen LogP) is 1.75. The summed E-state index contributed by atoms with van der Waals surface area (Å²) in [5.74, 6) is 0.886. The molecule has 0 bridgehead atoms. The van der Waals surface area contributed by atoms with E-state index in [0.717, 1.165) is 0 Å². The fourth-order valence-electron chi connectivity index (χ4n) is 1.51. The molecule has 0 radical (unpaired) electrons. The second-order valence-corrected chi connectivity index (χ2v) is 4.11.